The summed E-state index contributed by atoms with van der Waals surface area (Å²) in [4.78, 5) is 48.8. The Morgan fingerprint density at radius 3 is 2.35 bits per heavy atom. The number of likely N-dealkylation sites (tertiary alicyclic amines) is 1. The van der Waals surface area contributed by atoms with E-state index in [0.29, 0.717) is 32.5 Å². The standard InChI is InChI=1S/C32H45N3O4S/c1-8-17-33(18-9-2)28(37)24-25-29(38)35(23(11-4)20-36)27(32(25)16-15-31(24,7)40-32)30(39)34(19-10-3)26-21(5)13-12-14-22(26)6/h8,10,12-14,23-25,27,36H,1,3,9,11,15-20H2,2,4-7H3/t23-,24-,25-,27?,31+,32?/m0/s1. The van der Waals surface area contributed by atoms with E-state index in [-0.39, 0.29) is 24.3 Å². The van der Waals surface area contributed by atoms with Crippen molar-refractivity contribution < 1.29 is 19.5 Å². The SMILES string of the molecule is C=CCN(CCC)C(=O)[C@@H]1[C@H]2C(=O)N([C@@H](CC)CO)C(C(=O)N(CC=C)c3c(C)cccc3C)C23CC[C@@]1(C)S3. The van der Waals surface area contributed by atoms with Crippen molar-refractivity contribution >= 4 is 35.2 Å². The van der Waals surface area contributed by atoms with Gasteiger partial charge in [0, 0.05) is 30.1 Å². The largest absolute Gasteiger partial charge is 0.394 e. The van der Waals surface area contributed by atoms with E-state index in [1.165, 1.54) is 0 Å². The number of carbonyl (C=O) groups is 3. The molecule has 1 N–H and O–H groups in total. The fourth-order valence-corrected chi connectivity index (χ4v) is 9.87. The average Bonchev–Trinajstić information content (AvgIpc) is 3.49. The van der Waals surface area contributed by atoms with Gasteiger partial charge in [-0.3, -0.25) is 14.4 Å². The Morgan fingerprint density at radius 1 is 1.15 bits per heavy atom. The lowest BCUT2D eigenvalue weighted by Gasteiger charge is -2.40. The molecule has 2 unspecified atom stereocenters. The Hall–Kier alpha value is -2.58. The summed E-state index contributed by atoms with van der Waals surface area (Å²) in [7, 11) is 0. The number of hydrogen-bond acceptors (Lipinski definition) is 5. The van der Waals surface area contributed by atoms with Gasteiger partial charge in [0.2, 0.25) is 11.8 Å². The van der Waals surface area contributed by atoms with E-state index >= 15 is 0 Å². The van der Waals surface area contributed by atoms with Crippen molar-refractivity contribution in [2.75, 3.05) is 31.1 Å². The second-order valence-electron chi connectivity index (χ2n) is 11.8. The van der Waals surface area contributed by atoms with Crippen LogP contribution >= 0.6 is 11.8 Å². The number of para-hydroxylation sites is 1. The highest BCUT2D eigenvalue weighted by atomic mass is 32.2. The molecule has 8 heteroatoms. The fourth-order valence-electron chi connectivity index (χ4n) is 7.54. The Bertz CT molecular complexity index is 1160. The molecular weight excluding hydrogens is 522 g/mol. The lowest BCUT2D eigenvalue weighted by molar-refractivity contribution is -0.146. The molecule has 218 valence electrons. The van der Waals surface area contributed by atoms with Gasteiger partial charge >= 0.3 is 0 Å². The minimum absolute atomic E-state index is 0.0283. The maximum atomic E-state index is 14.9. The van der Waals surface area contributed by atoms with Crippen LogP contribution in [-0.4, -0.2) is 80.4 Å². The van der Waals surface area contributed by atoms with Crippen LogP contribution in [0.2, 0.25) is 0 Å². The van der Waals surface area contributed by atoms with Crippen molar-refractivity contribution in [2.45, 2.75) is 81.9 Å². The molecule has 3 amide bonds. The molecule has 40 heavy (non-hydrogen) atoms. The second-order valence-corrected chi connectivity index (χ2v) is 13.7. The summed E-state index contributed by atoms with van der Waals surface area (Å²) < 4.78 is -1.19. The first kappa shape index (κ1) is 30.4. The van der Waals surface area contributed by atoms with Crippen LogP contribution in [0.1, 0.15) is 57.6 Å². The van der Waals surface area contributed by atoms with Gasteiger partial charge in [-0.15, -0.1) is 24.9 Å². The van der Waals surface area contributed by atoms with Gasteiger partial charge in [-0.25, -0.2) is 0 Å². The maximum Gasteiger partial charge on any atom is 0.251 e. The van der Waals surface area contributed by atoms with Gasteiger partial charge in [0.25, 0.3) is 5.91 Å². The summed E-state index contributed by atoms with van der Waals surface area (Å²) in [6.07, 6.45) is 6.20. The van der Waals surface area contributed by atoms with Gasteiger partial charge in [0.05, 0.1) is 29.2 Å². The number of hydrogen-bond donors (Lipinski definition) is 1. The maximum absolute atomic E-state index is 14.9. The predicted octanol–water partition coefficient (Wildman–Crippen LogP) is 4.50. The van der Waals surface area contributed by atoms with Crippen LogP contribution in [0.15, 0.2) is 43.5 Å². The van der Waals surface area contributed by atoms with Crippen LogP contribution in [0.25, 0.3) is 0 Å². The quantitative estimate of drug-likeness (QED) is 0.376. The first-order valence-electron chi connectivity index (χ1n) is 14.6. The number of fused-ring (bicyclic) bond motifs is 1. The number of thioether (sulfide) groups is 1. The minimum atomic E-state index is -0.787. The molecule has 1 spiro atoms. The van der Waals surface area contributed by atoms with Gasteiger partial charge in [-0.2, -0.15) is 0 Å². The first-order valence-corrected chi connectivity index (χ1v) is 15.4. The predicted molar refractivity (Wildman–Crippen MR) is 162 cm³/mol. The molecule has 0 saturated carbocycles. The van der Waals surface area contributed by atoms with Crippen molar-refractivity contribution in [3.8, 4) is 0 Å². The molecule has 0 radical (unpaired) electrons. The normalized spacial score (nSPS) is 29.3. The Balaban J connectivity index is 1.87. The van der Waals surface area contributed by atoms with Gasteiger partial charge in [-0.1, -0.05) is 44.2 Å². The van der Waals surface area contributed by atoms with E-state index in [1.54, 1.807) is 33.7 Å². The number of carbonyl (C=O) groups excluding carboxylic acids is 3. The van der Waals surface area contributed by atoms with Crippen LogP contribution in [-0.2, 0) is 14.4 Å². The van der Waals surface area contributed by atoms with E-state index in [4.69, 9.17) is 0 Å². The third-order valence-corrected chi connectivity index (χ3v) is 11.2. The molecule has 3 fully saturated rings. The average molecular weight is 568 g/mol. The number of aliphatic hydroxyl groups is 1. The highest BCUT2D eigenvalue weighted by Gasteiger charge is 2.78. The lowest BCUT2D eigenvalue weighted by Crippen LogP contribution is -2.57. The molecular formula is C32H45N3O4S. The third kappa shape index (κ3) is 4.61. The van der Waals surface area contributed by atoms with Crippen molar-refractivity contribution in [3.63, 3.8) is 0 Å². The fraction of sp³-hybridized carbons (Fsp3) is 0.594. The molecule has 1 aromatic rings. The zero-order valence-corrected chi connectivity index (χ0v) is 25.5. The minimum Gasteiger partial charge on any atom is -0.394 e. The molecule has 0 aromatic heterocycles. The Morgan fingerprint density at radius 2 is 1.80 bits per heavy atom. The molecule has 6 atom stereocenters. The number of aryl methyl sites for hydroxylation is 2. The number of rotatable bonds is 12. The number of aliphatic hydroxyl groups excluding tert-OH is 1. The van der Waals surface area contributed by atoms with Crippen LogP contribution in [0.3, 0.4) is 0 Å². The van der Waals surface area contributed by atoms with Gasteiger partial charge < -0.3 is 19.8 Å². The van der Waals surface area contributed by atoms with Gasteiger partial charge in [0.15, 0.2) is 0 Å². The van der Waals surface area contributed by atoms with E-state index < -0.39 is 33.4 Å². The number of nitrogens with zero attached hydrogens (tertiary/aromatic N) is 3. The molecule has 1 aromatic carbocycles. The number of amides is 3. The van der Waals surface area contributed by atoms with E-state index in [2.05, 4.69) is 20.1 Å². The molecule has 0 aliphatic carbocycles. The molecule has 3 heterocycles. The summed E-state index contributed by atoms with van der Waals surface area (Å²) >= 11 is 1.67. The summed E-state index contributed by atoms with van der Waals surface area (Å²) in [5.41, 5.74) is 2.77. The van der Waals surface area contributed by atoms with Gasteiger partial charge in [0.1, 0.15) is 6.04 Å². The third-order valence-electron chi connectivity index (χ3n) is 9.23. The summed E-state index contributed by atoms with van der Waals surface area (Å²) in [6, 6.07) is 4.65. The lowest BCUT2D eigenvalue weighted by atomic mass is 9.66. The van der Waals surface area contributed by atoms with Crippen molar-refractivity contribution in [1.82, 2.24) is 9.80 Å². The topological polar surface area (TPSA) is 81.2 Å². The number of anilines is 1. The van der Waals surface area contributed by atoms with Crippen molar-refractivity contribution in [1.29, 1.82) is 0 Å². The van der Waals surface area contributed by atoms with Crippen LogP contribution in [0.4, 0.5) is 5.69 Å². The smallest absolute Gasteiger partial charge is 0.251 e. The second kappa shape index (κ2) is 11.7. The molecule has 2 bridgehead atoms. The Labute approximate surface area is 243 Å². The molecule has 3 aliphatic heterocycles. The highest BCUT2D eigenvalue weighted by molar-refractivity contribution is 8.02. The van der Waals surface area contributed by atoms with Crippen LogP contribution in [0.5, 0.6) is 0 Å². The monoisotopic (exact) mass is 567 g/mol. The summed E-state index contributed by atoms with van der Waals surface area (Å²) in [5.74, 6) is -1.52. The van der Waals surface area contributed by atoms with Crippen molar-refractivity contribution in [3.05, 3.63) is 54.6 Å². The van der Waals surface area contributed by atoms with Gasteiger partial charge in [-0.05, 0) is 57.6 Å². The van der Waals surface area contributed by atoms with Crippen LogP contribution in [0, 0.1) is 25.7 Å². The molecule has 7 nitrogen and oxygen atoms in total. The van der Waals surface area contributed by atoms with E-state index in [0.717, 1.165) is 29.7 Å². The Kier molecular flexibility index (Phi) is 8.91. The van der Waals surface area contributed by atoms with E-state index in [9.17, 15) is 19.5 Å². The summed E-state index contributed by atoms with van der Waals surface area (Å²) in [6.45, 7) is 18.9. The van der Waals surface area contributed by atoms with E-state index in [1.807, 2.05) is 50.8 Å². The zero-order chi connectivity index (χ0) is 29.4. The molecule has 4 rings (SSSR count). The molecule has 3 saturated heterocycles. The first-order chi connectivity index (χ1) is 19.1. The van der Waals surface area contributed by atoms with Crippen molar-refractivity contribution in [2.24, 2.45) is 11.8 Å². The number of benzene rings is 1. The molecule has 3 aliphatic rings. The highest BCUT2D eigenvalue weighted by Crippen LogP contribution is 2.72. The van der Waals surface area contributed by atoms with Crippen LogP contribution < -0.4 is 4.90 Å². The zero-order valence-electron chi connectivity index (χ0n) is 24.7. The summed E-state index contributed by atoms with van der Waals surface area (Å²) in [5, 5.41) is 10.4.